The number of aromatic nitrogens is 4. The van der Waals surface area contributed by atoms with Crippen LogP contribution < -0.4 is 0 Å². The lowest BCUT2D eigenvalue weighted by Gasteiger charge is -2.10. The standard InChI is InChI=1S/C28H18N4O2/c33-27(19-11-3-1-4-12-19)31-23-17-9-7-15-21(23)29-25(31)26-30-22-16-8-10-18-24(22)32(26)28(34)20-13-5-2-6-14-20/h1-18H. The van der Waals surface area contributed by atoms with Gasteiger partial charge in [0.1, 0.15) is 0 Å². The smallest absolute Gasteiger partial charge is 0.264 e. The number of fused-ring (bicyclic) bond motifs is 2. The van der Waals surface area contributed by atoms with Crippen molar-refractivity contribution < 1.29 is 9.59 Å². The molecule has 4 aromatic carbocycles. The molecule has 0 bridgehead atoms. The summed E-state index contributed by atoms with van der Waals surface area (Å²) in [5.41, 5.74) is 3.63. The van der Waals surface area contributed by atoms with E-state index in [1.165, 1.54) is 0 Å². The Morgan fingerprint density at radius 3 is 1.24 bits per heavy atom. The van der Waals surface area contributed by atoms with Crippen molar-refractivity contribution in [3.63, 3.8) is 0 Å². The van der Waals surface area contributed by atoms with Crippen LogP contribution in [0.15, 0.2) is 109 Å². The van der Waals surface area contributed by atoms with Gasteiger partial charge in [-0.25, -0.2) is 9.97 Å². The van der Waals surface area contributed by atoms with E-state index in [-0.39, 0.29) is 11.8 Å². The molecule has 162 valence electrons. The minimum atomic E-state index is -0.241. The third-order valence-electron chi connectivity index (χ3n) is 5.77. The molecule has 2 aromatic heterocycles. The molecule has 6 nitrogen and oxygen atoms in total. The molecule has 0 spiro atoms. The summed E-state index contributed by atoms with van der Waals surface area (Å²) in [5.74, 6) is 0.149. The molecule has 34 heavy (non-hydrogen) atoms. The van der Waals surface area contributed by atoms with Crippen LogP contribution in [0.2, 0.25) is 0 Å². The van der Waals surface area contributed by atoms with Crippen LogP contribution >= 0.6 is 0 Å². The molecular weight excluding hydrogens is 424 g/mol. The molecule has 0 N–H and O–H groups in total. The monoisotopic (exact) mass is 442 g/mol. The van der Waals surface area contributed by atoms with E-state index in [4.69, 9.17) is 9.97 Å². The van der Waals surface area contributed by atoms with Crippen LogP contribution in [0, 0.1) is 0 Å². The van der Waals surface area contributed by atoms with Crippen LogP contribution in [-0.4, -0.2) is 30.9 Å². The van der Waals surface area contributed by atoms with Crippen molar-refractivity contribution in [2.75, 3.05) is 0 Å². The lowest BCUT2D eigenvalue weighted by Crippen LogP contribution is -2.18. The summed E-state index contributed by atoms with van der Waals surface area (Å²) in [4.78, 5) is 36.9. The van der Waals surface area contributed by atoms with Crippen LogP contribution in [0.1, 0.15) is 20.7 Å². The van der Waals surface area contributed by atoms with Crippen LogP contribution in [0.5, 0.6) is 0 Å². The predicted octanol–water partition coefficient (Wildman–Crippen LogP) is 5.43. The largest absolute Gasteiger partial charge is 0.268 e. The molecule has 0 fully saturated rings. The number of rotatable bonds is 3. The summed E-state index contributed by atoms with van der Waals surface area (Å²) in [5, 5.41) is 0. The lowest BCUT2D eigenvalue weighted by atomic mass is 10.2. The van der Waals surface area contributed by atoms with Gasteiger partial charge in [0.05, 0.1) is 22.1 Å². The number of hydrogen-bond acceptors (Lipinski definition) is 4. The molecule has 6 rings (SSSR count). The van der Waals surface area contributed by atoms with Crippen molar-refractivity contribution in [1.82, 2.24) is 19.1 Å². The van der Waals surface area contributed by atoms with E-state index in [9.17, 15) is 9.59 Å². The first-order valence-corrected chi connectivity index (χ1v) is 10.9. The summed E-state index contributed by atoms with van der Waals surface area (Å²) < 4.78 is 3.08. The Bertz CT molecular complexity index is 1550. The Morgan fingerprint density at radius 1 is 0.471 bits per heavy atom. The second kappa shape index (κ2) is 7.94. The fourth-order valence-electron chi connectivity index (χ4n) is 4.18. The minimum Gasteiger partial charge on any atom is -0.268 e. The molecule has 0 unspecified atom stereocenters. The van der Waals surface area contributed by atoms with Crippen LogP contribution in [0.4, 0.5) is 0 Å². The predicted molar refractivity (Wildman–Crippen MR) is 131 cm³/mol. The van der Waals surface area contributed by atoms with Gasteiger partial charge in [-0.15, -0.1) is 0 Å². The summed E-state index contributed by atoms with van der Waals surface area (Å²) in [6.45, 7) is 0. The maximum absolute atomic E-state index is 13.7. The van der Waals surface area contributed by atoms with Gasteiger partial charge in [-0.3, -0.25) is 18.7 Å². The quantitative estimate of drug-likeness (QED) is 0.366. The number of benzene rings is 4. The SMILES string of the molecule is O=C(c1ccccc1)n1c(-c2nc3ccccc3n2C(=O)c2ccccc2)nc2ccccc21. The van der Waals surface area contributed by atoms with Crippen molar-refractivity contribution >= 4 is 33.9 Å². The zero-order valence-corrected chi connectivity index (χ0v) is 18.0. The number of nitrogens with zero attached hydrogens (tertiary/aromatic N) is 4. The zero-order valence-electron chi connectivity index (χ0n) is 18.0. The van der Waals surface area contributed by atoms with Crippen molar-refractivity contribution in [2.45, 2.75) is 0 Å². The molecule has 0 saturated carbocycles. The second-order valence-corrected chi connectivity index (χ2v) is 7.86. The van der Waals surface area contributed by atoms with Crippen molar-refractivity contribution in [2.24, 2.45) is 0 Å². The van der Waals surface area contributed by atoms with E-state index < -0.39 is 0 Å². The minimum absolute atomic E-state index is 0.241. The van der Waals surface area contributed by atoms with Crippen LogP contribution in [0.3, 0.4) is 0 Å². The average Bonchev–Trinajstić information content (AvgIpc) is 3.47. The topological polar surface area (TPSA) is 69.8 Å². The van der Waals surface area contributed by atoms with Crippen LogP contribution in [-0.2, 0) is 0 Å². The Hall–Kier alpha value is -4.84. The lowest BCUT2D eigenvalue weighted by molar-refractivity contribution is 0.0952. The highest BCUT2D eigenvalue weighted by Crippen LogP contribution is 2.29. The van der Waals surface area contributed by atoms with E-state index in [0.29, 0.717) is 44.8 Å². The van der Waals surface area contributed by atoms with Crippen molar-refractivity contribution in [1.29, 1.82) is 0 Å². The van der Waals surface area contributed by atoms with Gasteiger partial charge in [-0.05, 0) is 48.5 Å². The molecule has 0 radical (unpaired) electrons. The van der Waals surface area contributed by atoms with E-state index in [0.717, 1.165) is 0 Å². The summed E-state index contributed by atoms with van der Waals surface area (Å²) in [7, 11) is 0. The zero-order chi connectivity index (χ0) is 23.1. The second-order valence-electron chi connectivity index (χ2n) is 7.86. The van der Waals surface area contributed by atoms with Gasteiger partial charge in [-0.1, -0.05) is 60.7 Å². The number of carbonyl (C=O) groups is 2. The molecular formula is C28H18N4O2. The molecule has 6 aromatic rings. The molecule has 0 aliphatic heterocycles. The molecule has 0 aliphatic carbocycles. The van der Waals surface area contributed by atoms with E-state index in [2.05, 4.69) is 0 Å². The van der Waals surface area contributed by atoms with Gasteiger partial charge in [0.2, 0.25) is 0 Å². The highest BCUT2D eigenvalue weighted by molar-refractivity contribution is 6.07. The highest BCUT2D eigenvalue weighted by Gasteiger charge is 2.26. The Labute approximate surface area is 194 Å². The van der Waals surface area contributed by atoms with E-state index in [1.807, 2.05) is 84.9 Å². The Morgan fingerprint density at radius 2 is 0.824 bits per heavy atom. The molecule has 6 heteroatoms. The summed E-state index contributed by atoms with van der Waals surface area (Å²) in [6, 6.07) is 32.9. The van der Waals surface area contributed by atoms with Gasteiger partial charge in [0.15, 0.2) is 11.6 Å². The summed E-state index contributed by atoms with van der Waals surface area (Å²) >= 11 is 0. The van der Waals surface area contributed by atoms with Gasteiger partial charge >= 0.3 is 0 Å². The van der Waals surface area contributed by atoms with Gasteiger partial charge in [-0.2, -0.15) is 0 Å². The Kier molecular flexibility index (Phi) is 4.63. The van der Waals surface area contributed by atoms with Gasteiger partial charge < -0.3 is 0 Å². The number of imidazole rings is 2. The van der Waals surface area contributed by atoms with Gasteiger partial charge in [0, 0.05) is 11.1 Å². The number of para-hydroxylation sites is 4. The Balaban J connectivity index is 1.66. The third-order valence-corrected chi connectivity index (χ3v) is 5.77. The molecule has 0 atom stereocenters. The van der Waals surface area contributed by atoms with Crippen molar-refractivity contribution in [3.8, 4) is 11.6 Å². The molecule has 2 heterocycles. The highest BCUT2D eigenvalue weighted by atomic mass is 16.2. The maximum Gasteiger partial charge on any atom is 0.264 e. The molecule has 0 saturated heterocycles. The summed E-state index contributed by atoms with van der Waals surface area (Å²) in [6.07, 6.45) is 0. The fraction of sp³-hybridized carbons (Fsp3) is 0. The first-order valence-electron chi connectivity index (χ1n) is 10.9. The fourth-order valence-corrected chi connectivity index (χ4v) is 4.18. The van der Waals surface area contributed by atoms with Crippen molar-refractivity contribution in [3.05, 3.63) is 120 Å². The van der Waals surface area contributed by atoms with Gasteiger partial charge in [0.25, 0.3) is 11.8 Å². The third kappa shape index (κ3) is 3.12. The number of hydrogen-bond donors (Lipinski definition) is 0. The first-order chi connectivity index (χ1) is 16.7. The van der Waals surface area contributed by atoms with E-state index >= 15 is 0 Å². The normalized spacial score (nSPS) is 11.2. The maximum atomic E-state index is 13.7. The molecule has 0 aliphatic rings. The average molecular weight is 442 g/mol. The number of carbonyl (C=O) groups excluding carboxylic acids is 2. The first kappa shape index (κ1) is 19.8. The van der Waals surface area contributed by atoms with Crippen LogP contribution in [0.25, 0.3) is 33.7 Å². The molecule has 0 amide bonds. The van der Waals surface area contributed by atoms with E-state index in [1.54, 1.807) is 33.4 Å².